The van der Waals surface area contributed by atoms with Crippen molar-refractivity contribution in [2.24, 2.45) is 0 Å². The zero-order chi connectivity index (χ0) is 27.2. The number of hydrogen-bond donors (Lipinski definition) is 1. The third kappa shape index (κ3) is 5.00. The standard InChI is InChI=1S/C24H22F4N6O3S/c1-38(36,37)32-7-8-33(17(14-32)9-15-5-3-2-4-6-15)23-29-13-20-19(31-23)12-30-34(20)16-10-18(24(26,27)28)22(25)21(35)11-16/h2-6,10-13,17,35H,7-9,14H2,1H3/t17-/m1/s1. The van der Waals surface area contributed by atoms with Crippen LogP contribution in [0, 0.1) is 5.82 Å². The predicted molar refractivity (Wildman–Crippen MR) is 131 cm³/mol. The number of fused-ring (bicyclic) bond motifs is 1. The van der Waals surface area contributed by atoms with Crippen molar-refractivity contribution in [3.05, 3.63) is 71.8 Å². The molecule has 0 unspecified atom stereocenters. The van der Waals surface area contributed by atoms with Crippen LogP contribution in [0.3, 0.4) is 0 Å². The van der Waals surface area contributed by atoms with E-state index < -0.39 is 33.3 Å². The van der Waals surface area contributed by atoms with Gasteiger partial charge in [0.25, 0.3) is 0 Å². The number of anilines is 1. The highest BCUT2D eigenvalue weighted by Gasteiger charge is 2.36. The van der Waals surface area contributed by atoms with E-state index in [1.807, 2.05) is 35.2 Å². The van der Waals surface area contributed by atoms with Crippen molar-refractivity contribution in [2.75, 3.05) is 30.8 Å². The molecule has 200 valence electrons. The van der Waals surface area contributed by atoms with Crippen LogP contribution in [0.2, 0.25) is 0 Å². The molecule has 0 saturated carbocycles. The molecule has 38 heavy (non-hydrogen) atoms. The van der Waals surface area contributed by atoms with Gasteiger partial charge in [-0.1, -0.05) is 30.3 Å². The summed E-state index contributed by atoms with van der Waals surface area (Å²) in [4.78, 5) is 10.8. The number of hydrogen-bond acceptors (Lipinski definition) is 7. The molecule has 2 aromatic carbocycles. The number of sulfonamides is 1. The molecule has 1 fully saturated rings. The Balaban J connectivity index is 1.51. The van der Waals surface area contributed by atoms with Crippen LogP contribution < -0.4 is 4.90 Å². The summed E-state index contributed by atoms with van der Waals surface area (Å²) in [6.07, 6.45) is -0.626. The van der Waals surface area contributed by atoms with Crippen LogP contribution in [-0.2, 0) is 22.6 Å². The summed E-state index contributed by atoms with van der Waals surface area (Å²) in [6, 6.07) is 10.7. The fourth-order valence-electron chi connectivity index (χ4n) is 4.53. The Morgan fingerprint density at radius 1 is 1.11 bits per heavy atom. The number of piperazine rings is 1. The van der Waals surface area contributed by atoms with Crippen LogP contribution in [0.4, 0.5) is 23.5 Å². The van der Waals surface area contributed by atoms with Gasteiger partial charge in [-0.2, -0.15) is 22.6 Å². The van der Waals surface area contributed by atoms with E-state index in [4.69, 9.17) is 0 Å². The van der Waals surface area contributed by atoms with Gasteiger partial charge in [-0.3, -0.25) is 0 Å². The molecule has 1 aliphatic heterocycles. The SMILES string of the molecule is CS(=O)(=O)N1CCN(c2ncc3c(cnn3-c3cc(O)c(F)c(C(F)(F)F)c3)n2)[C@H](Cc2ccccc2)C1. The van der Waals surface area contributed by atoms with E-state index in [9.17, 15) is 31.1 Å². The minimum absolute atomic E-state index is 0.216. The summed E-state index contributed by atoms with van der Waals surface area (Å²) in [5, 5.41) is 13.8. The van der Waals surface area contributed by atoms with Gasteiger partial charge in [0.05, 0.1) is 29.9 Å². The highest BCUT2D eigenvalue weighted by Crippen LogP contribution is 2.37. The number of nitrogens with zero attached hydrogens (tertiary/aromatic N) is 6. The van der Waals surface area contributed by atoms with E-state index in [1.54, 1.807) is 0 Å². The molecule has 0 aliphatic carbocycles. The first-order valence-electron chi connectivity index (χ1n) is 11.5. The Labute approximate surface area is 215 Å². The summed E-state index contributed by atoms with van der Waals surface area (Å²) >= 11 is 0. The number of phenols is 1. The van der Waals surface area contributed by atoms with Crippen LogP contribution in [0.15, 0.2) is 54.9 Å². The van der Waals surface area contributed by atoms with E-state index >= 15 is 0 Å². The summed E-state index contributed by atoms with van der Waals surface area (Å²) in [6.45, 7) is 0.786. The van der Waals surface area contributed by atoms with Crippen LogP contribution in [-0.4, -0.2) is 69.5 Å². The third-order valence-electron chi connectivity index (χ3n) is 6.38. The lowest BCUT2D eigenvalue weighted by molar-refractivity contribution is -0.140. The molecule has 0 radical (unpaired) electrons. The topological polar surface area (TPSA) is 104 Å². The molecule has 2 aromatic heterocycles. The maximum Gasteiger partial charge on any atom is 0.419 e. The quantitative estimate of drug-likeness (QED) is 0.380. The summed E-state index contributed by atoms with van der Waals surface area (Å²) < 4.78 is 80.6. The highest BCUT2D eigenvalue weighted by molar-refractivity contribution is 7.88. The zero-order valence-electron chi connectivity index (χ0n) is 20.0. The molecule has 14 heteroatoms. The van der Waals surface area contributed by atoms with Gasteiger partial charge < -0.3 is 10.0 Å². The molecule has 3 heterocycles. The summed E-state index contributed by atoms with van der Waals surface area (Å²) in [5.41, 5.74) is -0.297. The second-order valence-corrected chi connectivity index (χ2v) is 11.0. The Bertz CT molecular complexity index is 1590. The van der Waals surface area contributed by atoms with E-state index in [2.05, 4.69) is 15.1 Å². The second-order valence-electron chi connectivity index (χ2n) is 8.98. The molecule has 1 atom stereocenters. The molecule has 1 aliphatic rings. The van der Waals surface area contributed by atoms with Crippen LogP contribution in [0.1, 0.15) is 11.1 Å². The fourth-order valence-corrected chi connectivity index (χ4v) is 5.39. The van der Waals surface area contributed by atoms with Crippen molar-refractivity contribution in [3.63, 3.8) is 0 Å². The van der Waals surface area contributed by atoms with Gasteiger partial charge in [-0.05, 0) is 18.1 Å². The number of alkyl halides is 3. The smallest absolute Gasteiger partial charge is 0.419 e. The lowest BCUT2D eigenvalue weighted by Gasteiger charge is -2.40. The maximum absolute atomic E-state index is 13.9. The van der Waals surface area contributed by atoms with Gasteiger partial charge >= 0.3 is 6.18 Å². The number of rotatable bonds is 5. The van der Waals surface area contributed by atoms with Gasteiger partial charge in [-0.25, -0.2) is 27.5 Å². The van der Waals surface area contributed by atoms with Gasteiger partial charge in [0, 0.05) is 31.7 Å². The van der Waals surface area contributed by atoms with Crippen molar-refractivity contribution in [3.8, 4) is 11.4 Å². The number of aromatic hydroxyl groups is 1. The third-order valence-corrected chi connectivity index (χ3v) is 7.65. The monoisotopic (exact) mass is 550 g/mol. The maximum atomic E-state index is 13.9. The van der Waals surface area contributed by atoms with Crippen molar-refractivity contribution in [2.45, 2.75) is 18.6 Å². The normalized spacial score (nSPS) is 17.3. The first-order chi connectivity index (χ1) is 17.9. The van der Waals surface area contributed by atoms with E-state index in [0.717, 1.165) is 22.6 Å². The molecule has 1 saturated heterocycles. The van der Waals surface area contributed by atoms with Crippen LogP contribution in [0.25, 0.3) is 16.7 Å². The van der Waals surface area contributed by atoms with Crippen molar-refractivity contribution in [1.29, 1.82) is 0 Å². The number of halogens is 4. The van der Waals surface area contributed by atoms with E-state index in [-0.39, 0.29) is 30.3 Å². The minimum atomic E-state index is -5.02. The molecule has 4 aromatic rings. The van der Waals surface area contributed by atoms with Crippen LogP contribution in [0.5, 0.6) is 5.75 Å². The lowest BCUT2D eigenvalue weighted by Crippen LogP contribution is -2.56. The van der Waals surface area contributed by atoms with Gasteiger partial charge in [0.2, 0.25) is 16.0 Å². The zero-order valence-corrected chi connectivity index (χ0v) is 20.8. The van der Waals surface area contributed by atoms with Crippen LogP contribution >= 0.6 is 0 Å². The highest BCUT2D eigenvalue weighted by atomic mass is 32.2. The number of phenolic OH excluding ortho intramolecular Hbond substituents is 1. The first kappa shape index (κ1) is 25.9. The van der Waals surface area contributed by atoms with Crippen molar-refractivity contribution < 1.29 is 31.1 Å². The summed E-state index contributed by atoms with van der Waals surface area (Å²) in [5.74, 6) is -2.62. The molecule has 0 bridgehead atoms. The predicted octanol–water partition coefficient (Wildman–Crippen LogP) is 3.37. The molecule has 9 nitrogen and oxygen atoms in total. The molecule has 5 rings (SSSR count). The molecule has 0 spiro atoms. The fraction of sp³-hybridized carbons (Fsp3) is 0.292. The Morgan fingerprint density at radius 2 is 1.84 bits per heavy atom. The molecule has 0 amide bonds. The van der Waals surface area contributed by atoms with Crippen molar-refractivity contribution in [1.82, 2.24) is 24.1 Å². The summed E-state index contributed by atoms with van der Waals surface area (Å²) in [7, 11) is -3.41. The molecular weight excluding hydrogens is 528 g/mol. The van der Waals surface area contributed by atoms with E-state index in [1.165, 1.54) is 16.7 Å². The van der Waals surface area contributed by atoms with Gasteiger partial charge in [0.15, 0.2) is 11.6 Å². The van der Waals surface area contributed by atoms with E-state index in [0.29, 0.717) is 30.5 Å². The van der Waals surface area contributed by atoms with Gasteiger partial charge in [0.1, 0.15) is 11.0 Å². The Hall–Kier alpha value is -3.78. The Kier molecular flexibility index (Phi) is 6.47. The average Bonchev–Trinajstić information content (AvgIpc) is 3.28. The van der Waals surface area contributed by atoms with Gasteiger partial charge in [-0.15, -0.1) is 0 Å². The largest absolute Gasteiger partial charge is 0.505 e. The minimum Gasteiger partial charge on any atom is -0.505 e. The molecular formula is C24H22F4N6O3S. The number of aromatic nitrogens is 4. The first-order valence-corrected chi connectivity index (χ1v) is 13.3. The lowest BCUT2D eigenvalue weighted by atomic mass is 10.0. The Morgan fingerprint density at radius 3 is 2.53 bits per heavy atom. The molecule has 1 N–H and O–H groups in total. The number of benzene rings is 2. The average molecular weight is 551 g/mol. The second kappa shape index (κ2) is 9.51. The van der Waals surface area contributed by atoms with Crippen molar-refractivity contribution >= 4 is 27.0 Å².